The Morgan fingerprint density at radius 2 is 1.70 bits per heavy atom. The lowest BCUT2D eigenvalue weighted by Crippen LogP contribution is -2.49. The summed E-state index contributed by atoms with van der Waals surface area (Å²) in [7, 11) is 0. The number of carbonyl (C=O) groups excluding carboxylic acids is 2. The van der Waals surface area contributed by atoms with Gasteiger partial charge in [0.2, 0.25) is 0 Å². The van der Waals surface area contributed by atoms with E-state index in [9.17, 15) is 9.59 Å². The average molecular weight is 411 g/mol. The first-order valence-corrected chi connectivity index (χ1v) is 10.4. The summed E-state index contributed by atoms with van der Waals surface area (Å²) in [5.74, 6) is 0.607. The number of nitrogens with zero attached hydrogens (tertiary/aromatic N) is 4. The van der Waals surface area contributed by atoms with Gasteiger partial charge in [-0.15, -0.1) is 0 Å². The van der Waals surface area contributed by atoms with Crippen LogP contribution in [0.5, 0.6) is 0 Å². The zero-order valence-corrected chi connectivity index (χ0v) is 18.1. The molecule has 0 bridgehead atoms. The van der Waals surface area contributed by atoms with Gasteiger partial charge in [-0.3, -0.25) is 14.6 Å². The monoisotopic (exact) mass is 410 g/mol. The SMILES string of the molecule is CC(C)NC(=O)c1ccc(C(=O)N2CCN(c3ncccc3NC(C)C)CC2)nc1. The number of amides is 2. The van der Waals surface area contributed by atoms with Gasteiger partial charge in [-0.05, 0) is 52.0 Å². The first-order chi connectivity index (χ1) is 14.3. The fourth-order valence-corrected chi connectivity index (χ4v) is 3.36. The van der Waals surface area contributed by atoms with Crippen LogP contribution in [0.4, 0.5) is 11.5 Å². The Labute approximate surface area is 177 Å². The zero-order valence-electron chi connectivity index (χ0n) is 18.1. The summed E-state index contributed by atoms with van der Waals surface area (Å²) in [6, 6.07) is 7.57. The molecule has 2 aromatic rings. The molecule has 0 atom stereocenters. The summed E-state index contributed by atoms with van der Waals surface area (Å²) in [5, 5.41) is 6.25. The first kappa shape index (κ1) is 21.5. The van der Waals surface area contributed by atoms with Crippen molar-refractivity contribution in [3.8, 4) is 0 Å². The number of piperazine rings is 1. The predicted octanol–water partition coefficient (Wildman–Crippen LogP) is 2.40. The highest BCUT2D eigenvalue weighted by Gasteiger charge is 2.25. The van der Waals surface area contributed by atoms with E-state index in [1.54, 1.807) is 23.2 Å². The van der Waals surface area contributed by atoms with Crippen LogP contribution in [0, 0.1) is 0 Å². The van der Waals surface area contributed by atoms with Gasteiger partial charge in [0.05, 0.1) is 11.3 Å². The highest BCUT2D eigenvalue weighted by atomic mass is 16.2. The van der Waals surface area contributed by atoms with Gasteiger partial charge in [-0.25, -0.2) is 4.98 Å². The van der Waals surface area contributed by atoms with Crippen LogP contribution in [0.3, 0.4) is 0 Å². The van der Waals surface area contributed by atoms with Crippen molar-refractivity contribution < 1.29 is 9.59 Å². The molecule has 8 heteroatoms. The fraction of sp³-hybridized carbons (Fsp3) is 0.455. The molecule has 0 radical (unpaired) electrons. The molecule has 0 aliphatic carbocycles. The molecule has 0 saturated carbocycles. The molecule has 3 rings (SSSR count). The topological polar surface area (TPSA) is 90.5 Å². The number of pyridine rings is 2. The van der Waals surface area contributed by atoms with E-state index in [4.69, 9.17) is 0 Å². The second-order valence-corrected chi connectivity index (χ2v) is 8.01. The van der Waals surface area contributed by atoms with Crippen molar-refractivity contribution in [3.05, 3.63) is 47.9 Å². The molecule has 1 saturated heterocycles. The largest absolute Gasteiger partial charge is 0.380 e. The second kappa shape index (κ2) is 9.56. The number of hydrogen-bond acceptors (Lipinski definition) is 6. The number of hydrogen-bond donors (Lipinski definition) is 2. The lowest BCUT2D eigenvalue weighted by Gasteiger charge is -2.36. The van der Waals surface area contributed by atoms with Crippen LogP contribution in [0.1, 0.15) is 48.5 Å². The molecular formula is C22H30N6O2. The van der Waals surface area contributed by atoms with Crippen LogP contribution in [0.25, 0.3) is 0 Å². The normalized spacial score (nSPS) is 14.2. The molecule has 1 fully saturated rings. The van der Waals surface area contributed by atoms with Crippen molar-refractivity contribution in [2.75, 3.05) is 36.4 Å². The molecule has 8 nitrogen and oxygen atoms in total. The Hall–Kier alpha value is -3.16. The maximum absolute atomic E-state index is 12.8. The molecular weight excluding hydrogens is 380 g/mol. The third kappa shape index (κ3) is 5.25. The van der Waals surface area contributed by atoms with E-state index in [0.717, 1.165) is 11.5 Å². The van der Waals surface area contributed by atoms with E-state index >= 15 is 0 Å². The lowest BCUT2D eigenvalue weighted by atomic mass is 10.2. The maximum atomic E-state index is 12.8. The van der Waals surface area contributed by atoms with Gasteiger partial charge in [0, 0.05) is 50.7 Å². The van der Waals surface area contributed by atoms with Gasteiger partial charge in [0.25, 0.3) is 11.8 Å². The minimum atomic E-state index is -0.189. The Morgan fingerprint density at radius 1 is 0.967 bits per heavy atom. The molecule has 160 valence electrons. The van der Waals surface area contributed by atoms with Crippen LogP contribution in [0.15, 0.2) is 36.7 Å². The minimum absolute atomic E-state index is 0.0467. The van der Waals surface area contributed by atoms with E-state index in [0.29, 0.717) is 43.5 Å². The highest BCUT2D eigenvalue weighted by molar-refractivity contribution is 5.96. The van der Waals surface area contributed by atoms with Crippen LogP contribution in [-0.2, 0) is 0 Å². The van der Waals surface area contributed by atoms with Crippen LogP contribution < -0.4 is 15.5 Å². The predicted molar refractivity (Wildman–Crippen MR) is 118 cm³/mol. The number of nitrogens with one attached hydrogen (secondary N) is 2. The van der Waals surface area contributed by atoms with Crippen LogP contribution in [-0.4, -0.2) is 64.9 Å². The summed E-state index contributed by atoms with van der Waals surface area (Å²) >= 11 is 0. The number of aromatic nitrogens is 2. The number of anilines is 2. The molecule has 0 aromatic carbocycles. The highest BCUT2D eigenvalue weighted by Crippen LogP contribution is 2.24. The van der Waals surface area contributed by atoms with Gasteiger partial charge in [0.1, 0.15) is 5.69 Å². The van der Waals surface area contributed by atoms with E-state index in [2.05, 4.69) is 39.3 Å². The maximum Gasteiger partial charge on any atom is 0.272 e. The van der Waals surface area contributed by atoms with E-state index in [1.165, 1.54) is 6.20 Å². The third-order valence-electron chi connectivity index (χ3n) is 4.76. The van der Waals surface area contributed by atoms with Crippen molar-refractivity contribution in [2.24, 2.45) is 0 Å². The molecule has 2 N–H and O–H groups in total. The molecule has 1 aliphatic heterocycles. The van der Waals surface area contributed by atoms with Crippen molar-refractivity contribution in [1.82, 2.24) is 20.2 Å². The Balaban J connectivity index is 1.61. The third-order valence-corrected chi connectivity index (χ3v) is 4.76. The quantitative estimate of drug-likeness (QED) is 0.760. The van der Waals surface area contributed by atoms with E-state index in [1.807, 2.05) is 26.0 Å². The molecule has 1 aliphatic rings. The summed E-state index contributed by atoms with van der Waals surface area (Å²) in [4.78, 5) is 37.6. The van der Waals surface area contributed by atoms with Gasteiger partial charge >= 0.3 is 0 Å². The summed E-state index contributed by atoms with van der Waals surface area (Å²) < 4.78 is 0. The van der Waals surface area contributed by atoms with Crippen molar-refractivity contribution in [3.63, 3.8) is 0 Å². The number of rotatable bonds is 6. The lowest BCUT2D eigenvalue weighted by molar-refractivity contribution is 0.0740. The Morgan fingerprint density at radius 3 is 2.30 bits per heavy atom. The minimum Gasteiger partial charge on any atom is -0.380 e. The molecule has 30 heavy (non-hydrogen) atoms. The Bertz CT molecular complexity index is 873. The van der Waals surface area contributed by atoms with Gasteiger partial charge < -0.3 is 20.4 Å². The Kier molecular flexibility index (Phi) is 6.87. The standard InChI is InChI=1S/C22H30N6O2/c1-15(2)25-18-6-5-9-23-20(18)27-10-12-28(13-11-27)22(30)19-8-7-17(14-24-19)21(29)26-16(3)4/h5-9,14-16,25H,10-13H2,1-4H3,(H,26,29). The van der Waals surface area contributed by atoms with Crippen molar-refractivity contribution in [1.29, 1.82) is 0 Å². The fourth-order valence-electron chi connectivity index (χ4n) is 3.36. The first-order valence-electron chi connectivity index (χ1n) is 10.4. The van der Waals surface area contributed by atoms with Gasteiger partial charge in [-0.1, -0.05) is 0 Å². The van der Waals surface area contributed by atoms with Crippen LogP contribution in [0.2, 0.25) is 0 Å². The van der Waals surface area contributed by atoms with E-state index < -0.39 is 0 Å². The average Bonchev–Trinajstić information content (AvgIpc) is 2.73. The van der Waals surface area contributed by atoms with Gasteiger partial charge in [0.15, 0.2) is 5.82 Å². The second-order valence-electron chi connectivity index (χ2n) is 8.01. The molecule has 0 spiro atoms. The van der Waals surface area contributed by atoms with Gasteiger partial charge in [-0.2, -0.15) is 0 Å². The number of carbonyl (C=O) groups is 2. The smallest absolute Gasteiger partial charge is 0.272 e. The molecule has 3 heterocycles. The zero-order chi connectivity index (χ0) is 21.7. The summed E-state index contributed by atoms with van der Waals surface area (Å²) in [6.45, 7) is 10.6. The summed E-state index contributed by atoms with van der Waals surface area (Å²) in [6.07, 6.45) is 3.25. The van der Waals surface area contributed by atoms with Crippen LogP contribution >= 0.6 is 0 Å². The molecule has 2 aromatic heterocycles. The van der Waals surface area contributed by atoms with E-state index in [-0.39, 0.29) is 17.9 Å². The molecule has 0 unspecified atom stereocenters. The summed E-state index contributed by atoms with van der Waals surface area (Å²) in [5.41, 5.74) is 1.80. The van der Waals surface area contributed by atoms with Crippen molar-refractivity contribution >= 4 is 23.3 Å². The van der Waals surface area contributed by atoms with Crippen molar-refractivity contribution in [2.45, 2.75) is 39.8 Å². The molecule has 2 amide bonds.